The minimum atomic E-state index is -1.49. The fraction of sp³-hybridized carbons (Fsp3) is 0.375. The van der Waals surface area contributed by atoms with Crippen molar-refractivity contribution in [2.75, 3.05) is 19.6 Å². The minimum absolute atomic E-state index is 0.128. The van der Waals surface area contributed by atoms with Gasteiger partial charge < -0.3 is 15.5 Å². The van der Waals surface area contributed by atoms with Crippen LogP contribution in [-0.4, -0.2) is 67.3 Å². The Balaban J connectivity index is 1.58. The van der Waals surface area contributed by atoms with Gasteiger partial charge in [-0.1, -0.05) is 0 Å². The molecule has 0 saturated carbocycles. The van der Waals surface area contributed by atoms with E-state index >= 15 is 0 Å². The maximum Gasteiger partial charge on any atom is 0.271 e. The van der Waals surface area contributed by atoms with Crippen LogP contribution < -0.4 is 5.32 Å². The summed E-state index contributed by atoms with van der Waals surface area (Å²) in [7, 11) is 0. The number of carbonyl (C=O) groups excluding carboxylic acids is 1. The lowest BCUT2D eigenvalue weighted by molar-refractivity contribution is -0.0377. The summed E-state index contributed by atoms with van der Waals surface area (Å²) in [6.07, 6.45) is 4.25. The number of hydrogen-bond donors (Lipinski definition) is 3. The maximum atomic E-state index is 12.9. The Morgan fingerprint density at radius 1 is 1.36 bits per heavy atom. The number of pyridine rings is 1. The summed E-state index contributed by atoms with van der Waals surface area (Å²) in [6.45, 7) is 0.596. The number of likely N-dealkylation sites (tertiary alicyclic amines) is 1. The summed E-state index contributed by atoms with van der Waals surface area (Å²) in [5.74, 6) is -0.902. The second-order valence-electron chi connectivity index (χ2n) is 6.03. The molecular formula is C16H18FN5O3. The summed E-state index contributed by atoms with van der Waals surface area (Å²) < 4.78 is 12.9. The number of hydrogen-bond acceptors (Lipinski definition) is 7. The Morgan fingerprint density at radius 3 is 2.88 bits per heavy atom. The average Bonchev–Trinajstić information content (AvgIpc) is 2.90. The Morgan fingerprint density at radius 2 is 2.20 bits per heavy atom. The van der Waals surface area contributed by atoms with Gasteiger partial charge in [0.15, 0.2) is 0 Å². The lowest BCUT2D eigenvalue weighted by Gasteiger charge is -2.26. The first-order valence-electron chi connectivity index (χ1n) is 7.74. The first-order chi connectivity index (χ1) is 12.0. The molecule has 0 spiro atoms. The molecule has 0 bridgehead atoms. The quantitative estimate of drug-likeness (QED) is 0.659. The lowest BCUT2D eigenvalue weighted by Crippen LogP contribution is -2.51. The largest absolute Gasteiger partial charge is 0.389 e. The molecule has 1 fully saturated rings. The third kappa shape index (κ3) is 4.13. The number of β-amino-alcohol motifs (C(OH)–C–C–N with tert-alkyl or cyclic N) is 2. The van der Waals surface area contributed by atoms with Crippen LogP contribution in [0.1, 0.15) is 16.2 Å². The van der Waals surface area contributed by atoms with Gasteiger partial charge in [0, 0.05) is 32.0 Å². The topological polar surface area (TPSA) is 111 Å². The fourth-order valence-electron chi connectivity index (χ4n) is 2.74. The molecule has 9 heteroatoms. The van der Waals surface area contributed by atoms with Gasteiger partial charge in [-0.3, -0.25) is 19.7 Å². The number of nitrogens with zero attached hydrogens (tertiary/aromatic N) is 4. The summed E-state index contributed by atoms with van der Waals surface area (Å²) in [5.41, 5.74) is -0.731. The van der Waals surface area contributed by atoms with Crippen molar-refractivity contribution in [3.63, 3.8) is 0 Å². The molecule has 2 aromatic heterocycles. The van der Waals surface area contributed by atoms with E-state index < -0.39 is 23.4 Å². The Hall–Kier alpha value is -2.49. The van der Waals surface area contributed by atoms with Crippen molar-refractivity contribution in [3.05, 3.63) is 54.1 Å². The molecule has 0 aliphatic carbocycles. The number of aliphatic hydroxyl groups excluding tert-OH is 1. The van der Waals surface area contributed by atoms with Crippen LogP contribution in [0.5, 0.6) is 0 Å². The lowest BCUT2D eigenvalue weighted by atomic mass is 10.0. The molecule has 25 heavy (non-hydrogen) atoms. The fourth-order valence-corrected chi connectivity index (χ4v) is 2.74. The molecule has 132 valence electrons. The number of nitrogens with one attached hydrogen (secondary N) is 1. The van der Waals surface area contributed by atoms with Crippen LogP contribution in [0.3, 0.4) is 0 Å². The number of amides is 1. The number of carbonyl (C=O) groups is 1. The van der Waals surface area contributed by atoms with Crippen LogP contribution in [0.4, 0.5) is 4.39 Å². The highest BCUT2D eigenvalue weighted by Crippen LogP contribution is 2.23. The summed E-state index contributed by atoms with van der Waals surface area (Å²) in [6, 6.07) is 2.86. The van der Waals surface area contributed by atoms with Crippen molar-refractivity contribution in [2.24, 2.45) is 0 Å². The maximum absolute atomic E-state index is 12.9. The Labute approximate surface area is 143 Å². The normalized spacial score (nSPS) is 23.6. The molecular weight excluding hydrogens is 329 g/mol. The van der Waals surface area contributed by atoms with Crippen molar-refractivity contribution in [3.8, 4) is 0 Å². The van der Waals surface area contributed by atoms with Gasteiger partial charge in [0.05, 0.1) is 30.7 Å². The Bertz CT molecular complexity index is 730. The van der Waals surface area contributed by atoms with Gasteiger partial charge >= 0.3 is 0 Å². The van der Waals surface area contributed by atoms with Crippen LogP contribution in [0.15, 0.2) is 36.9 Å². The average molecular weight is 347 g/mol. The SMILES string of the molecule is O=C(NC[C@]1(O)CN(Cc2ccc(F)cn2)C[C@H]1O)c1cnccn1. The van der Waals surface area contributed by atoms with Gasteiger partial charge in [-0.2, -0.15) is 0 Å². The molecule has 3 N–H and O–H groups in total. The molecule has 1 aliphatic heterocycles. The summed E-state index contributed by atoms with van der Waals surface area (Å²) in [5, 5.41) is 23.4. The van der Waals surface area contributed by atoms with Crippen LogP contribution in [0, 0.1) is 5.82 Å². The summed E-state index contributed by atoms with van der Waals surface area (Å²) >= 11 is 0. The second-order valence-corrected chi connectivity index (χ2v) is 6.03. The van der Waals surface area contributed by atoms with E-state index in [-0.39, 0.29) is 25.3 Å². The van der Waals surface area contributed by atoms with Crippen LogP contribution in [0.25, 0.3) is 0 Å². The third-order valence-corrected chi connectivity index (χ3v) is 4.07. The molecule has 1 amide bonds. The molecule has 2 atom stereocenters. The predicted octanol–water partition coefficient (Wildman–Crippen LogP) is -0.652. The van der Waals surface area contributed by atoms with Crippen molar-refractivity contribution in [1.29, 1.82) is 0 Å². The van der Waals surface area contributed by atoms with Crippen LogP contribution in [0.2, 0.25) is 0 Å². The van der Waals surface area contributed by atoms with Gasteiger partial charge in [0.25, 0.3) is 5.91 Å². The number of aliphatic hydroxyl groups is 2. The van der Waals surface area contributed by atoms with Crippen molar-refractivity contribution >= 4 is 5.91 Å². The van der Waals surface area contributed by atoms with E-state index in [1.807, 2.05) is 0 Å². The number of halogens is 1. The zero-order chi connectivity index (χ0) is 17.9. The molecule has 0 unspecified atom stereocenters. The van der Waals surface area contributed by atoms with Gasteiger partial charge in [0.2, 0.25) is 0 Å². The Kier molecular flexibility index (Phi) is 4.98. The van der Waals surface area contributed by atoms with E-state index in [4.69, 9.17) is 0 Å². The number of rotatable bonds is 5. The van der Waals surface area contributed by atoms with Gasteiger partial charge in [-0.05, 0) is 12.1 Å². The van der Waals surface area contributed by atoms with E-state index in [1.54, 1.807) is 11.0 Å². The highest BCUT2D eigenvalue weighted by molar-refractivity contribution is 5.91. The van der Waals surface area contributed by atoms with Gasteiger partial charge in [-0.25, -0.2) is 9.37 Å². The summed E-state index contributed by atoms with van der Waals surface area (Å²) in [4.78, 5) is 25.4. The van der Waals surface area contributed by atoms with E-state index in [9.17, 15) is 19.4 Å². The molecule has 1 aliphatic rings. The smallest absolute Gasteiger partial charge is 0.271 e. The third-order valence-electron chi connectivity index (χ3n) is 4.07. The molecule has 0 aromatic carbocycles. The monoisotopic (exact) mass is 347 g/mol. The standard InChI is InChI=1S/C16H18FN5O3/c17-11-1-2-12(20-5-11)7-22-8-14(23)16(25,10-22)9-21-15(24)13-6-18-3-4-19-13/h1-6,14,23,25H,7-10H2,(H,21,24)/t14-,16+/m1/s1. The molecule has 2 aromatic rings. The zero-order valence-electron chi connectivity index (χ0n) is 13.3. The number of aromatic nitrogens is 3. The van der Waals surface area contributed by atoms with E-state index in [2.05, 4.69) is 20.3 Å². The molecule has 8 nitrogen and oxygen atoms in total. The highest BCUT2D eigenvalue weighted by atomic mass is 19.1. The van der Waals surface area contributed by atoms with Gasteiger partial charge in [0.1, 0.15) is 17.1 Å². The van der Waals surface area contributed by atoms with Crippen molar-refractivity contribution < 1.29 is 19.4 Å². The highest BCUT2D eigenvalue weighted by Gasteiger charge is 2.44. The predicted molar refractivity (Wildman–Crippen MR) is 84.8 cm³/mol. The van der Waals surface area contributed by atoms with Crippen molar-refractivity contribution in [1.82, 2.24) is 25.2 Å². The molecule has 3 heterocycles. The van der Waals surface area contributed by atoms with Crippen LogP contribution >= 0.6 is 0 Å². The van der Waals surface area contributed by atoms with Crippen molar-refractivity contribution in [2.45, 2.75) is 18.2 Å². The first-order valence-corrected chi connectivity index (χ1v) is 7.74. The minimum Gasteiger partial charge on any atom is -0.389 e. The first kappa shape index (κ1) is 17.3. The molecule has 1 saturated heterocycles. The molecule has 3 rings (SSSR count). The second kappa shape index (κ2) is 7.18. The van der Waals surface area contributed by atoms with Gasteiger partial charge in [-0.15, -0.1) is 0 Å². The molecule has 0 radical (unpaired) electrons. The van der Waals surface area contributed by atoms with E-state index in [0.717, 1.165) is 6.20 Å². The van der Waals surface area contributed by atoms with E-state index in [1.165, 1.54) is 24.7 Å². The van der Waals surface area contributed by atoms with E-state index in [0.29, 0.717) is 12.2 Å². The zero-order valence-corrected chi connectivity index (χ0v) is 13.3. The van der Waals surface area contributed by atoms with Crippen LogP contribution in [-0.2, 0) is 6.54 Å².